The van der Waals surface area contributed by atoms with Gasteiger partial charge in [-0.1, -0.05) is 23.4 Å². The molecule has 2 aromatic rings. The lowest BCUT2D eigenvalue weighted by Crippen LogP contribution is -2.21. The molecule has 1 aliphatic rings. The molecule has 1 fully saturated rings. The molecule has 3 rings (SSSR count). The molecule has 7 heteroatoms. The highest BCUT2D eigenvalue weighted by Crippen LogP contribution is 2.34. The Morgan fingerprint density at radius 2 is 2.00 bits per heavy atom. The highest BCUT2D eigenvalue weighted by Gasteiger charge is 2.29. The van der Waals surface area contributed by atoms with E-state index in [0.717, 1.165) is 29.5 Å². The number of halogens is 1. The Morgan fingerprint density at radius 3 is 2.58 bits per heavy atom. The van der Waals surface area contributed by atoms with Gasteiger partial charge in [0.25, 0.3) is 0 Å². The van der Waals surface area contributed by atoms with Gasteiger partial charge >= 0.3 is 0 Å². The zero-order valence-electron chi connectivity index (χ0n) is 14.1. The van der Waals surface area contributed by atoms with E-state index < -0.39 is 0 Å². The maximum Gasteiger partial charge on any atom is 0.196 e. The highest BCUT2D eigenvalue weighted by molar-refractivity contribution is 8.00. The minimum Gasteiger partial charge on any atom is -0.300 e. The summed E-state index contributed by atoms with van der Waals surface area (Å²) in [6, 6.07) is 7.73. The van der Waals surface area contributed by atoms with E-state index in [2.05, 4.69) is 22.0 Å². The van der Waals surface area contributed by atoms with E-state index in [0.29, 0.717) is 17.2 Å². The molecule has 0 aliphatic heterocycles. The average molecular weight is 365 g/mol. The molecule has 0 amide bonds. The number of hydrogen-bond acceptors (Lipinski definition) is 5. The Labute approximate surface area is 151 Å². The Bertz CT molecular complexity index is 729. The number of Topliss-reactive ketones (excluding diaryl/α,β-unsaturated/α-hetero) is 1. The van der Waals surface area contributed by atoms with E-state index in [4.69, 9.17) is 11.6 Å². The van der Waals surface area contributed by atoms with Gasteiger partial charge < -0.3 is 0 Å². The number of nitrogens with zero attached hydrogens (tertiary/aromatic N) is 4. The van der Waals surface area contributed by atoms with Crippen LogP contribution in [0.4, 0.5) is 0 Å². The van der Waals surface area contributed by atoms with Gasteiger partial charge in [0, 0.05) is 17.1 Å². The van der Waals surface area contributed by atoms with Gasteiger partial charge in [-0.05, 0) is 58.1 Å². The number of thioether (sulfide) groups is 1. The molecule has 0 N–H and O–H groups in total. The number of ketones is 1. The smallest absolute Gasteiger partial charge is 0.196 e. The summed E-state index contributed by atoms with van der Waals surface area (Å²) in [5.41, 5.74) is 0.959. The van der Waals surface area contributed by atoms with E-state index in [9.17, 15) is 4.79 Å². The summed E-state index contributed by atoms with van der Waals surface area (Å²) in [7, 11) is 4.03. The van der Waals surface area contributed by atoms with Crippen LogP contribution in [-0.4, -0.2) is 44.8 Å². The first-order chi connectivity index (χ1) is 11.5. The molecule has 1 aliphatic carbocycles. The molecule has 1 aromatic carbocycles. The second-order valence-electron chi connectivity index (χ2n) is 6.26. The third kappa shape index (κ3) is 3.50. The zero-order chi connectivity index (χ0) is 17.3. The standard InChI is InChI=1S/C17H21ClN4OS/c1-11(21(2)3)16-19-20-17(24-15-6-4-5-14(15)23)22(16)13-9-7-12(18)8-10-13/h7-11,15H,4-6H2,1-3H3/t11-,15-/m0/s1. The second kappa shape index (κ2) is 7.25. The van der Waals surface area contributed by atoms with Crippen LogP contribution in [0.2, 0.25) is 5.02 Å². The van der Waals surface area contributed by atoms with Crippen molar-refractivity contribution in [2.24, 2.45) is 0 Å². The Kier molecular flexibility index (Phi) is 5.27. The Balaban J connectivity index is 2.02. The normalized spacial score (nSPS) is 19.2. The monoisotopic (exact) mass is 364 g/mol. The summed E-state index contributed by atoms with van der Waals surface area (Å²) < 4.78 is 2.04. The van der Waals surface area contributed by atoms with Gasteiger partial charge in [-0.15, -0.1) is 10.2 Å². The van der Waals surface area contributed by atoms with Crippen LogP contribution < -0.4 is 0 Å². The van der Waals surface area contributed by atoms with Crippen LogP contribution in [0, 0.1) is 0 Å². The van der Waals surface area contributed by atoms with Crippen molar-refractivity contribution in [3.8, 4) is 5.69 Å². The average Bonchev–Trinajstić information content (AvgIpc) is 3.15. The predicted molar refractivity (Wildman–Crippen MR) is 97.0 cm³/mol. The Morgan fingerprint density at radius 1 is 1.29 bits per heavy atom. The minimum absolute atomic E-state index is 0.0113. The van der Waals surface area contributed by atoms with Crippen molar-refractivity contribution in [3.05, 3.63) is 35.1 Å². The lowest BCUT2D eigenvalue weighted by Gasteiger charge is -2.20. The molecule has 5 nitrogen and oxygen atoms in total. The van der Waals surface area contributed by atoms with Crippen LogP contribution in [0.3, 0.4) is 0 Å². The molecule has 1 aromatic heterocycles. The first kappa shape index (κ1) is 17.5. The van der Waals surface area contributed by atoms with E-state index in [1.807, 2.05) is 42.9 Å². The molecular formula is C17H21ClN4OS. The largest absolute Gasteiger partial charge is 0.300 e. The van der Waals surface area contributed by atoms with Gasteiger partial charge in [0.2, 0.25) is 0 Å². The van der Waals surface area contributed by atoms with Crippen molar-refractivity contribution in [2.45, 2.75) is 42.6 Å². The van der Waals surface area contributed by atoms with Gasteiger partial charge in [-0.25, -0.2) is 0 Å². The quantitative estimate of drug-likeness (QED) is 0.808. The van der Waals surface area contributed by atoms with Gasteiger partial charge in [-0.3, -0.25) is 14.3 Å². The molecule has 0 spiro atoms. The molecule has 128 valence electrons. The fourth-order valence-electron chi connectivity index (χ4n) is 2.73. The second-order valence-corrected chi connectivity index (χ2v) is 7.86. The first-order valence-corrected chi connectivity index (χ1v) is 9.30. The number of aromatic nitrogens is 3. The van der Waals surface area contributed by atoms with Crippen molar-refractivity contribution in [3.63, 3.8) is 0 Å². The summed E-state index contributed by atoms with van der Waals surface area (Å²) in [6.07, 6.45) is 2.55. The molecule has 0 bridgehead atoms. The number of rotatable bonds is 5. The highest BCUT2D eigenvalue weighted by atomic mass is 35.5. The summed E-state index contributed by atoms with van der Waals surface area (Å²) in [6.45, 7) is 2.09. The van der Waals surface area contributed by atoms with Crippen molar-refractivity contribution in [2.75, 3.05) is 14.1 Å². The van der Waals surface area contributed by atoms with Crippen molar-refractivity contribution in [1.29, 1.82) is 0 Å². The molecule has 0 radical (unpaired) electrons. The van der Waals surface area contributed by atoms with E-state index in [-0.39, 0.29) is 11.3 Å². The summed E-state index contributed by atoms with van der Waals surface area (Å²) in [5, 5.41) is 10.2. The molecule has 0 saturated heterocycles. The fraction of sp³-hybridized carbons (Fsp3) is 0.471. The molecule has 2 atom stereocenters. The van der Waals surface area contributed by atoms with E-state index >= 15 is 0 Å². The third-order valence-corrected chi connectivity index (χ3v) is 5.90. The van der Waals surface area contributed by atoms with E-state index in [1.54, 1.807) is 0 Å². The van der Waals surface area contributed by atoms with Crippen molar-refractivity contribution < 1.29 is 4.79 Å². The number of hydrogen-bond donors (Lipinski definition) is 0. The lowest BCUT2D eigenvalue weighted by atomic mass is 10.2. The first-order valence-electron chi connectivity index (χ1n) is 8.04. The SMILES string of the molecule is C[C@@H](c1nnc(S[C@H]2CCCC2=O)n1-c1ccc(Cl)cc1)N(C)C. The molecule has 0 unspecified atom stereocenters. The van der Waals surface area contributed by atoms with Crippen molar-refractivity contribution in [1.82, 2.24) is 19.7 Å². The molecular weight excluding hydrogens is 344 g/mol. The van der Waals surface area contributed by atoms with Gasteiger partial charge in [-0.2, -0.15) is 0 Å². The Hall–Kier alpha value is -1.37. The fourth-order valence-corrected chi connectivity index (χ4v) is 4.03. The van der Waals surface area contributed by atoms with Crippen LogP contribution in [-0.2, 0) is 4.79 Å². The zero-order valence-corrected chi connectivity index (χ0v) is 15.6. The molecule has 1 heterocycles. The molecule has 24 heavy (non-hydrogen) atoms. The lowest BCUT2D eigenvalue weighted by molar-refractivity contribution is -0.116. The van der Waals surface area contributed by atoms with Crippen LogP contribution in [0.5, 0.6) is 0 Å². The number of benzene rings is 1. The van der Waals surface area contributed by atoms with Crippen LogP contribution in [0.15, 0.2) is 29.4 Å². The van der Waals surface area contributed by atoms with E-state index in [1.165, 1.54) is 11.8 Å². The third-order valence-electron chi connectivity index (χ3n) is 4.39. The maximum absolute atomic E-state index is 12.0. The minimum atomic E-state index is -0.0113. The summed E-state index contributed by atoms with van der Waals surface area (Å²) in [4.78, 5) is 14.1. The molecule has 1 saturated carbocycles. The number of carbonyl (C=O) groups excluding carboxylic acids is 1. The van der Waals surface area contributed by atoms with Crippen LogP contribution >= 0.6 is 23.4 Å². The summed E-state index contributed by atoms with van der Waals surface area (Å²) in [5.74, 6) is 1.17. The van der Waals surface area contributed by atoms with Crippen molar-refractivity contribution >= 4 is 29.1 Å². The predicted octanol–water partition coefficient (Wildman–Crippen LogP) is 3.76. The van der Waals surface area contributed by atoms with Gasteiger partial charge in [0.05, 0.1) is 11.3 Å². The number of carbonyl (C=O) groups is 1. The van der Waals surface area contributed by atoms with Gasteiger partial charge in [0.15, 0.2) is 11.0 Å². The van der Waals surface area contributed by atoms with Gasteiger partial charge in [0.1, 0.15) is 5.78 Å². The van der Waals surface area contributed by atoms with Crippen LogP contribution in [0.1, 0.15) is 38.1 Å². The summed E-state index contributed by atoms with van der Waals surface area (Å²) >= 11 is 7.55. The maximum atomic E-state index is 12.0. The van der Waals surface area contributed by atoms with Crippen LogP contribution in [0.25, 0.3) is 5.69 Å². The topological polar surface area (TPSA) is 51.0 Å².